The molecule has 10 nitrogen and oxygen atoms in total. The zero-order chi connectivity index (χ0) is 24.9. The highest BCUT2D eigenvalue weighted by Gasteiger charge is 2.45. The molecule has 6 rings (SSSR count). The Kier molecular flexibility index (Phi) is 5.83. The zero-order valence-electron chi connectivity index (χ0n) is 19.4. The monoisotopic (exact) mass is 532 g/mol. The molecule has 0 N–H and O–H groups in total. The summed E-state index contributed by atoms with van der Waals surface area (Å²) in [6, 6.07) is 5.99. The standard InChI is InChI=1S/C24H24N2O8S2/c27-25(28)15-11-17-19(33-23(31-17)7-3-1-4-8-23)13-21(15)35-36-22-14-20-18(12-16(22)26(29)30)32-24(34-20)9-5-2-6-10-24/h11-14H,1-10H2. The fraction of sp³-hybridized carbons (Fsp3) is 0.500. The van der Waals surface area contributed by atoms with Crippen molar-refractivity contribution in [2.45, 2.75) is 85.6 Å². The summed E-state index contributed by atoms with van der Waals surface area (Å²) >= 11 is 0. The topological polar surface area (TPSA) is 123 Å². The summed E-state index contributed by atoms with van der Waals surface area (Å²) in [6.07, 6.45) is 9.05. The average molecular weight is 533 g/mol. The van der Waals surface area contributed by atoms with Gasteiger partial charge in [-0.3, -0.25) is 20.2 Å². The van der Waals surface area contributed by atoms with E-state index >= 15 is 0 Å². The van der Waals surface area contributed by atoms with E-state index in [0.29, 0.717) is 32.8 Å². The van der Waals surface area contributed by atoms with E-state index in [1.807, 2.05) is 0 Å². The van der Waals surface area contributed by atoms with Crippen molar-refractivity contribution in [1.82, 2.24) is 0 Å². The van der Waals surface area contributed by atoms with Crippen LogP contribution in [-0.4, -0.2) is 21.4 Å². The molecule has 2 aliphatic heterocycles. The summed E-state index contributed by atoms with van der Waals surface area (Å²) in [5.74, 6) is 0.149. The Morgan fingerprint density at radius 3 is 1.25 bits per heavy atom. The van der Waals surface area contributed by atoms with Gasteiger partial charge in [0.1, 0.15) is 9.79 Å². The van der Waals surface area contributed by atoms with E-state index in [1.165, 1.54) is 12.1 Å². The lowest BCUT2D eigenvalue weighted by atomic mass is 9.94. The van der Waals surface area contributed by atoms with Crippen LogP contribution >= 0.6 is 21.6 Å². The fourth-order valence-corrected chi connectivity index (χ4v) is 7.59. The second-order valence-electron chi connectivity index (χ2n) is 9.57. The summed E-state index contributed by atoms with van der Waals surface area (Å²) in [5.41, 5.74) is -0.264. The van der Waals surface area contributed by atoms with E-state index < -0.39 is 21.4 Å². The van der Waals surface area contributed by atoms with E-state index in [0.717, 1.165) is 85.8 Å². The number of nitro benzene ring substituents is 2. The van der Waals surface area contributed by atoms with E-state index in [1.54, 1.807) is 12.1 Å². The van der Waals surface area contributed by atoms with Crippen LogP contribution < -0.4 is 18.9 Å². The fourth-order valence-electron chi connectivity index (χ4n) is 5.32. The molecule has 0 bridgehead atoms. The van der Waals surface area contributed by atoms with Gasteiger partial charge in [-0.15, -0.1) is 0 Å². The molecule has 190 valence electrons. The molecule has 0 atom stereocenters. The maximum Gasteiger partial charge on any atom is 0.287 e. The van der Waals surface area contributed by atoms with Gasteiger partial charge in [0.05, 0.1) is 22.0 Å². The molecule has 0 radical (unpaired) electrons. The molecule has 0 aromatic heterocycles. The Morgan fingerprint density at radius 2 is 0.917 bits per heavy atom. The SMILES string of the molecule is O=[N+]([O-])c1cc2c(cc1SSc1cc3c(cc1[N+](=O)[O-])OC1(CCCCC1)O3)OC1(CCCCC1)O2. The molecule has 2 saturated carbocycles. The normalized spacial score (nSPS) is 20.6. The molecule has 2 heterocycles. The molecule has 0 unspecified atom stereocenters. The summed E-state index contributed by atoms with van der Waals surface area (Å²) < 4.78 is 24.3. The van der Waals surface area contributed by atoms with Crippen LogP contribution in [0.25, 0.3) is 0 Å². The van der Waals surface area contributed by atoms with Crippen molar-refractivity contribution in [2.24, 2.45) is 0 Å². The van der Waals surface area contributed by atoms with E-state index in [4.69, 9.17) is 18.9 Å². The van der Waals surface area contributed by atoms with E-state index in [2.05, 4.69) is 0 Å². The lowest BCUT2D eigenvalue weighted by Gasteiger charge is -2.31. The summed E-state index contributed by atoms with van der Waals surface area (Å²) in [7, 11) is 2.14. The number of ether oxygens (including phenoxy) is 4. The Morgan fingerprint density at radius 1 is 0.583 bits per heavy atom. The molecule has 36 heavy (non-hydrogen) atoms. The number of fused-ring (bicyclic) bond motifs is 2. The van der Waals surface area contributed by atoms with Crippen molar-refractivity contribution < 1.29 is 28.8 Å². The first-order chi connectivity index (χ1) is 17.4. The van der Waals surface area contributed by atoms with Crippen molar-refractivity contribution in [3.05, 3.63) is 44.5 Å². The first kappa shape index (κ1) is 23.5. The van der Waals surface area contributed by atoms with E-state index in [9.17, 15) is 20.2 Å². The minimum absolute atomic E-state index is 0.132. The van der Waals surface area contributed by atoms with Crippen LogP contribution in [0.3, 0.4) is 0 Å². The predicted molar refractivity (Wildman–Crippen MR) is 132 cm³/mol. The average Bonchev–Trinajstić information content (AvgIpc) is 3.37. The van der Waals surface area contributed by atoms with Crippen molar-refractivity contribution in [1.29, 1.82) is 0 Å². The molecule has 2 aromatic carbocycles. The number of nitro groups is 2. The van der Waals surface area contributed by atoms with Crippen LogP contribution in [-0.2, 0) is 0 Å². The van der Waals surface area contributed by atoms with Gasteiger partial charge in [0.25, 0.3) is 22.9 Å². The predicted octanol–water partition coefficient (Wildman–Crippen LogP) is 7.17. The summed E-state index contributed by atoms with van der Waals surface area (Å²) in [4.78, 5) is 23.4. The first-order valence-electron chi connectivity index (χ1n) is 12.1. The van der Waals surface area contributed by atoms with Crippen LogP contribution in [0.5, 0.6) is 23.0 Å². The quantitative estimate of drug-likeness (QED) is 0.222. The molecule has 4 aliphatic rings. The Balaban J connectivity index is 1.27. The van der Waals surface area contributed by atoms with Gasteiger partial charge in [0, 0.05) is 37.8 Å². The van der Waals surface area contributed by atoms with Crippen LogP contribution in [0.2, 0.25) is 0 Å². The minimum atomic E-state index is -0.754. The highest BCUT2D eigenvalue weighted by molar-refractivity contribution is 8.76. The molecule has 0 saturated heterocycles. The number of hydrogen-bond acceptors (Lipinski definition) is 10. The highest BCUT2D eigenvalue weighted by atomic mass is 33.1. The Labute approximate surface area is 214 Å². The molecule has 2 fully saturated rings. The number of hydrogen-bond donors (Lipinski definition) is 0. The number of rotatable bonds is 5. The molecule has 2 spiro atoms. The van der Waals surface area contributed by atoms with Crippen molar-refractivity contribution in [2.75, 3.05) is 0 Å². The van der Waals surface area contributed by atoms with Crippen molar-refractivity contribution in [3.63, 3.8) is 0 Å². The molecule has 12 heteroatoms. The van der Waals surface area contributed by atoms with Crippen molar-refractivity contribution >= 4 is 33.0 Å². The van der Waals surface area contributed by atoms with Crippen LogP contribution in [0.4, 0.5) is 11.4 Å². The number of nitrogens with zero attached hydrogens (tertiary/aromatic N) is 2. The van der Waals surface area contributed by atoms with Gasteiger partial charge in [0.2, 0.25) is 0 Å². The maximum absolute atomic E-state index is 11.8. The third kappa shape index (κ3) is 4.19. The zero-order valence-corrected chi connectivity index (χ0v) is 21.0. The lowest BCUT2D eigenvalue weighted by Crippen LogP contribution is -2.40. The van der Waals surface area contributed by atoms with Crippen LogP contribution in [0, 0.1) is 20.2 Å². The largest absolute Gasteiger partial charge is 0.448 e. The van der Waals surface area contributed by atoms with Gasteiger partial charge < -0.3 is 18.9 Å². The van der Waals surface area contributed by atoms with Gasteiger partial charge in [0.15, 0.2) is 23.0 Å². The van der Waals surface area contributed by atoms with Crippen molar-refractivity contribution in [3.8, 4) is 23.0 Å². The number of benzene rings is 2. The van der Waals surface area contributed by atoms with Gasteiger partial charge in [-0.1, -0.05) is 12.8 Å². The highest BCUT2D eigenvalue weighted by Crippen LogP contribution is 2.55. The molecule has 2 aromatic rings. The van der Waals surface area contributed by atoms with Gasteiger partial charge in [-0.25, -0.2) is 0 Å². The summed E-state index contributed by atoms with van der Waals surface area (Å²) in [6.45, 7) is 0. The van der Waals surface area contributed by atoms with Gasteiger partial charge in [-0.2, -0.15) is 0 Å². The third-order valence-electron chi connectivity index (χ3n) is 7.08. The Hall–Kier alpha value is -2.86. The minimum Gasteiger partial charge on any atom is -0.448 e. The van der Waals surface area contributed by atoms with Crippen LogP contribution in [0.15, 0.2) is 34.1 Å². The van der Waals surface area contributed by atoms with Gasteiger partial charge in [-0.05, 0) is 47.3 Å². The summed E-state index contributed by atoms with van der Waals surface area (Å²) in [5, 5.41) is 23.7. The maximum atomic E-state index is 11.8. The molecule has 0 amide bonds. The molecular weight excluding hydrogens is 508 g/mol. The lowest BCUT2D eigenvalue weighted by molar-refractivity contribution is -0.388. The van der Waals surface area contributed by atoms with Gasteiger partial charge >= 0.3 is 0 Å². The second-order valence-corrected chi connectivity index (χ2v) is 11.8. The molecular formula is C24H24N2O8S2. The molecule has 2 aliphatic carbocycles. The second kappa shape index (κ2) is 8.91. The smallest absolute Gasteiger partial charge is 0.287 e. The van der Waals surface area contributed by atoms with Crippen LogP contribution in [0.1, 0.15) is 64.2 Å². The van der Waals surface area contributed by atoms with E-state index in [-0.39, 0.29) is 11.4 Å². The third-order valence-corrected chi connectivity index (χ3v) is 9.50. The first-order valence-corrected chi connectivity index (χ1v) is 14.3. The Bertz CT molecular complexity index is 1150.